The van der Waals surface area contributed by atoms with Crippen LogP contribution in [0.3, 0.4) is 0 Å². The second-order valence-corrected chi connectivity index (χ2v) is 21.2. The molecule has 1 spiro atoms. The van der Waals surface area contributed by atoms with E-state index in [1.807, 2.05) is 0 Å². The van der Waals surface area contributed by atoms with Gasteiger partial charge in [0.2, 0.25) is 0 Å². The lowest BCUT2D eigenvalue weighted by atomic mass is 9.70. The summed E-state index contributed by atoms with van der Waals surface area (Å²) in [6.07, 6.45) is 0. The summed E-state index contributed by atoms with van der Waals surface area (Å²) in [6.45, 7) is 0. The molecule has 0 fully saturated rings. The number of hydrogen-bond acceptors (Lipinski definition) is 2. The molecule has 13 aromatic carbocycles. The van der Waals surface area contributed by atoms with E-state index in [4.69, 9.17) is 0 Å². The third-order valence-corrected chi connectivity index (χ3v) is 16.7. The lowest BCUT2D eigenvalue weighted by Crippen LogP contribution is -2.26. The first-order valence-corrected chi connectivity index (χ1v) is 28.0. The Morgan fingerprint density at radius 3 is 0.654 bits per heavy atom. The van der Waals surface area contributed by atoms with Gasteiger partial charge in [-0.05, 0) is 173 Å². The van der Waals surface area contributed by atoms with E-state index < -0.39 is 5.41 Å². The van der Waals surface area contributed by atoms with Crippen LogP contribution in [0.15, 0.2) is 328 Å². The number of anilines is 6. The predicted octanol–water partition coefficient (Wildman–Crippen LogP) is 21.3. The summed E-state index contributed by atoms with van der Waals surface area (Å²) in [5, 5.41) is 0. The van der Waals surface area contributed by atoms with Crippen LogP contribution in [0.25, 0.3) is 77.9 Å². The Hall–Kier alpha value is -10.5. The second-order valence-electron chi connectivity index (χ2n) is 21.2. The van der Waals surface area contributed by atoms with Gasteiger partial charge in [-0.25, -0.2) is 0 Å². The molecule has 0 aromatic heterocycles. The standard InChI is InChI=1S/C79H54N2/c1-5-17-55(18-6-1)59-29-31-60(32-30-59)64-39-47-68(48-40-64)81(67-45-37-63(38-46-67)58-23-11-4-12-24-58)70-50-52-74-73-51-49-69(53-77(73)79(78(74)54-70)75-27-15-13-25-71(75)72-26-14-16-28-76(72)79)80(65-41-33-61(34-42-65)56-19-7-2-8-20-56)66-43-35-62(36-44-66)57-21-9-3-10-22-57/h1-54H. The maximum Gasteiger partial charge on any atom is 0.0727 e. The third kappa shape index (κ3) is 8.27. The number of benzene rings is 13. The van der Waals surface area contributed by atoms with Gasteiger partial charge in [0.05, 0.1) is 5.41 Å². The predicted molar refractivity (Wildman–Crippen MR) is 339 cm³/mol. The second kappa shape index (κ2) is 20.0. The van der Waals surface area contributed by atoms with Crippen molar-refractivity contribution in [2.45, 2.75) is 5.41 Å². The summed E-state index contributed by atoms with van der Waals surface area (Å²) in [6, 6.07) is 120. The summed E-state index contributed by atoms with van der Waals surface area (Å²) in [7, 11) is 0. The van der Waals surface area contributed by atoms with Gasteiger partial charge in [-0.1, -0.05) is 255 Å². The molecule has 13 aromatic rings. The molecule has 2 nitrogen and oxygen atoms in total. The SMILES string of the molecule is c1ccc(-c2ccc(-c3ccc(N(c4ccc(-c5ccccc5)cc4)c4ccc5c(c4)C4(c6ccccc6-c6ccccc64)c4cc(N(c6ccc(-c7ccccc7)cc6)c6ccc(-c7ccccc7)cc6)ccc4-5)cc3)cc2)cc1. The highest BCUT2D eigenvalue weighted by atomic mass is 15.1. The molecule has 2 aliphatic carbocycles. The van der Waals surface area contributed by atoms with Gasteiger partial charge >= 0.3 is 0 Å². The van der Waals surface area contributed by atoms with E-state index in [1.54, 1.807) is 0 Å². The summed E-state index contributed by atoms with van der Waals surface area (Å²) < 4.78 is 0. The van der Waals surface area contributed by atoms with Crippen LogP contribution in [0, 0.1) is 0 Å². The molecule has 0 heterocycles. The Balaban J connectivity index is 0.892. The fourth-order valence-corrected chi connectivity index (χ4v) is 12.9. The van der Waals surface area contributed by atoms with Crippen molar-refractivity contribution < 1.29 is 0 Å². The van der Waals surface area contributed by atoms with Crippen molar-refractivity contribution in [2.75, 3.05) is 9.80 Å². The number of fused-ring (bicyclic) bond motifs is 10. The monoisotopic (exact) mass is 1030 g/mol. The molecular weight excluding hydrogens is 977 g/mol. The molecule has 0 N–H and O–H groups in total. The van der Waals surface area contributed by atoms with E-state index in [0.717, 1.165) is 34.1 Å². The van der Waals surface area contributed by atoms with E-state index in [-0.39, 0.29) is 0 Å². The van der Waals surface area contributed by atoms with E-state index in [0.29, 0.717) is 0 Å². The lowest BCUT2D eigenvalue weighted by molar-refractivity contribution is 0.793. The van der Waals surface area contributed by atoms with Crippen LogP contribution in [0.4, 0.5) is 34.1 Å². The van der Waals surface area contributed by atoms with Crippen molar-refractivity contribution >= 4 is 34.1 Å². The first kappa shape index (κ1) is 47.7. The quantitative estimate of drug-likeness (QED) is 0.127. The first-order valence-electron chi connectivity index (χ1n) is 28.0. The highest BCUT2D eigenvalue weighted by Gasteiger charge is 2.52. The Labute approximate surface area is 474 Å². The van der Waals surface area contributed by atoms with Crippen LogP contribution >= 0.6 is 0 Å². The van der Waals surface area contributed by atoms with Crippen LogP contribution in [0.1, 0.15) is 22.3 Å². The van der Waals surface area contributed by atoms with Gasteiger partial charge < -0.3 is 9.80 Å². The largest absolute Gasteiger partial charge is 0.310 e. The zero-order valence-corrected chi connectivity index (χ0v) is 44.6. The number of nitrogens with zero attached hydrogens (tertiary/aromatic N) is 2. The molecule has 380 valence electrons. The molecule has 0 radical (unpaired) electrons. The van der Waals surface area contributed by atoms with Crippen LogP contribution < -0.4 is 9.80 Å². The molecule has 15 rings (SSSR count). The molecule has 2 aliphatic rings. The van der Waals surface area contributed by atoms with E-state index in [1.165, 1.54) is 100 Å². The molecule has 0 unspecified atom stereocenters. The molecule has 0 atom stereocenters. The molecule has 0 aliphatic heterocycles. The average Bonchev–Trinajstić information content (AvgIpc) is 3.41. The fraction of sp³-hybridized carbons (Fsp3) is 0.0127. The van der Waals surface area contributed by atoms with Gasteiger partial charge in [-0.2, -0.15) is 0 Å². The number of rotatable bonds is 11. The zero-order chi connectivity index (χ0) is 53.7. The van der Waals surface area contributed by atoms with Crippen LogP contribution in [0.2, 0.25) is 0 Å². The third-order valence-electron chi connectivity index (χ3n) is 16.7. The maximum atomic E-state index is 2.50. The van der Waals surface area contributed by atoms with Gasteiger partial charge in [-0.15, -0.1) is 0 Å². The molecular formula is C79H54N2. The Morgan fingerprint density at radius 2 is 0.370 bits per heavy atom. The fourth-order valence-electron chi connectivity index (χ4n) is 12.9. The van der Waals surface area contributed by atoms with Gasteiger partial charge in [0.15, 0.2) is 0 Å². The molecule has 0 bridgehead atoms. The van der Waals surface area contributed by atoms with Crippen molar-refractivity contribution in [2.24, 2.45) is 0 Å². The first-order chi connectivity index (χ1) is 40.2. The summed E-state index contributed by atoms with van der Waals surface area (Å²) in [5.74, 6) is 0. The molecule has 0 amide bonds. The molecule has 0 saturated carbocycles. The topological polar surface area (TPSA) is 6.48 Å². The zero-order valence-electron chi connectivity index (χ0n) is 44.6. The van der Waals surface area contributed by atoms with E-state index >= 15 is 0 Å². The lowest BCUT2D eigenvalue weighted by Gasteiger charge is -2.33. The van der Waals surface area contributed by atoms with Crippen LogP contribution in [-0.4, -0.2) is 0 Å². The van der Waals surface area contributed by atoms with Crippen molar-refractivity contribution in [1.82, 2.24) is 0 Å². The Bertz CT molecular complexity index is 4250. The van der Waals surface area contributed by atoms with Gasteiger partial charge in [0.1, 0.15) is 0 Å². The average molecular weight is 1030 g/mol. The summed E-state index contributed by atoms with van der Waals surface area (Å²) in [4.78, 5) is 4.87. The van der Waals surface area contributed by atoms with E-state index in [2.05, 4.69) is 337 Å². The van der Waals surface area contributed by atoms with Gasteiger partial charge in [0.25, 0.3) is 0 Å². The molecule has 2 heteroatoms. The van der Waals surface area contributed by atoms with Crippen molar-refractivity contribution in [1.29, 1.82) is 0 Å². The highest BCUT2D eigenvalue weighted by molar-refractivity contribution is 5.98. The van der Waals surface area contributed by atoms with Crippen LogP contribution in [0.5, 0.6) is 0 Å². The molecule has 81 heavy (non-hydrogen) atoms. The van der Waals surface area contributed by atoms with Crippen LogP contribution in [-0.2, 0) is 5.41 Å². The Kier molecular flexibility index (Phi) is 11.8. The normalized spacial score (nSPS) is 12.3. The summed E-state index contributed by atoms with van der Waals surface area (Å²) in [5.41, 5.74) is 28.0. The highest BCUT2D eigenvalue weighted by Crippen LogP contribution is 2.64. The number of hydrogen-bond donors (Lipinski definition) is 0. The van der Waals surface area contributed by atoms with Gasteiger partial charge in [-0.3, -0.25) is 0 Å². The minimum atomic E-state index is -0.623. The minimum Gasteiger partial charge on any atom is -0.310 e. The van der Waals surface area contributed by atoms with Crippen molar-refractivity contribution in [3.8, 4) is 77.9 Å². The minimum absolute atomic E-state index is 0.623. The summed E-state index contributed by atoms with van der Waals surface area (Å²) >= 11 is 0. The molecule has 0 saturated heterocycles. The van der Waals surface area contributed by atoms with Gasteiger partial charge in [0, 0.05) is 34.1 Å². The van der Waals surface area contributed by atoms with Crippen molar-refractivity contribution in [3.05, 3.63) is 350 Å². The maximum absolute atomic E-state index is 2.50. The van der Waals surface area contributed by atoms with Crippen molar-refractivity contribution in [3.63, 3.8) is 0 Å². The van der Waals surface area contributed by atoms with E-state index in [9.17, 15) is 0 Å². The smallest absolute Gasteiger partial charge is 0.0727 e. The Morgan fingerprint density at radius 1 is 0.160 bits per heavy atom.